The van der Waals surface area contributed by atoms with Gasteiger partial charge in [0.25, 0.3) is 5.91 Å². The minimum Gasteiger partial charge on any atom is -0.383 e. The standard InChI is InChI=1S/C13H18O.C10H11N5O/c1-2-6-12(7-3-1)10-14-11-13-8-4-5-9-13;1-15-5-7(4-14-15)6-2-8(10(12)16)9(11)13-3-6/h1-3,6-7,13H,4-5,8-11H2;2-5H,1H3,(H2,11,13)(H2,12,16). The van der Waals surface area contributed by atoms with E-state index in [2.05, 4.69) is 34.3 Å². The smallest absolute Gasteiger partial charge is 0.252 e. The average Bonchev–Trinajstić information content (AvgIpc) is 3.41. The molecule has 7 heteroatoms. The Labute approximate surface area is 177 Å². The van der Waals surface area contributed by atoms with Crippen molar-refractivity contribution in [2.24, 2.45) is 18.7 Å². The Hall–Kier alpha value is -3.19. The van der Waals surface area contributed by atoms with Crippen LogP contribution in [-0.2, 0) is 18.4 Å². The van der Waals surface area contributed by atoms with E-state index in [4.69, 9.17) is 16.2 Å². The first kappa shape index (κ1) is 21.5. The van der Waals surface area contributed by atoms with E-state index in [1.807, 2.05) is 19.3 Å². The molecule has 158 valence electrons. The van der Waals surface area contributed by atoms with Crippen LogP contribution in [0, 0.1) is 5.92 Å². The maximum atomic E-state index is 11.1. The quantitative estimate of drug-likeness (QED) is 0.649. The fourth-order valence-corrected chi connectivity index (χ4v) is 3.50. The third-order valence-electron chi connectivity index (χ3n) is 5.16. The highest BCUT2D eigenvalue weighted by Gasteiger charge is 2.14. The molecule has 0 atom stereocenters. The minimum absolute atomic E-state index is 0.139. The van der Waals surface area contributed by atoms with Crippen molar-refractivity contribution < 1.29 is 9.53 Å². The van der Waals surface area contributed by atoms with Crippen LogP contribution in [0.5, 0.6) is 0 Å². The first-order valence-corrected chi connectivity index (χ1v) is 10.2. The van der Waals surface area contributed by atoms with Gasteiger partial charge in [-0.05, 0) is 30.4 Å². The molecule has 3 aromatic rings. The number of rotatable bonds is 6. The lowest BCUT2D eigenvalue weighted by molar-refractivity contribution is 0.0889. The van der Waals surface area contributed by atoms with Gasteiger partial charge < -0.3 is 16.2 Å². The van der Waals surface area contributed by atoms with Crippen LogP contribution in [0.1, 0.15) is 41.6 Å². The number of carbonyl (C=O) groups excluding carboxylic acids is 1. The van der Waals surface area contributed by atoms with Crippen LogP contribution in [0.25, 0.3) is 11.1 Å². The SMILES string of the molecule is Cn1cc(-c2cnc(N)c(C(N)=O)c2)cn1.c1ccc(COCC2CCCC2)cc1. The number of pyridine rings is 1. The molecular formula is C23H29N5O2. The molecule has 1 saturated carbocycles. The largest absolute Gasteiger partial charge is 0.383 e. The van der Waals surface area contributed by atoms with Crippen molar-refractivity contribution >= 4 is 11.7 Å². The summed E-state index contributed by atoms with van der Waals surface area (Å²) in [6.07, 6.45) is 10.6. The number of carbonyl (C=O) groups is 1. The highest BCUT2D eigenvalue weighted by Crippen LogP contribution is 2.25. The van der Waals surface area contributed by atoms with Gasteiger partial charge in [-0.3, -0.25) is 9.48 Å². The maximum Gasteiger partial charge on any atom is 0.252 e. The van der Waals surface area contributed by atoms with E-state index >= 15 is 0 Å². The summed E-state index contributed by atoms with van der Waals surface area (Å²) in [6, 6.07) is 12.0. The van der Waals surface area contributed by atoms with Crippen molar-refractivity contribution in [1.82, 2.24) is 14.8 Å². The second-order valence-corrected chi connectivity index (χ2v) is 7.57. The van der Waals surface area contributed by atoms with Crippen molar-refractivity contribution in [3.05, 3.63) is 66.1 Å². The third-order valence-corrected chi connectivity index (χ3v) is 5.16. The molecule has 4 rings (SSSR count). The third kappa shape index (κ3) is 6.15. The molecule has 30 heavy (non-hydrogen) atoms. The molecule has 0 radical (unpaired) electrons. The molecule has 2 aromatic heterocycles. The van der Waals surface area contributed by atoms with E-state index in [0.29, 0.717) is 0 Å². The number of aromatic nitrogens is 3. The van der Waals surface area contributed by atoms with Gasteiger partial charge in [-0.2, -0.15) is 5.10 Å². The Morgan fingerprint density at radius 1 is 1.17 bits per heavy atom. The first-order chi connectivity index (χ1) is 14.5. The molecule has 1 aromatic carbocycles. The Balaban J connectivity index is 0.000000172. The highest BCUT2D eigenvalue weighted by atomic mass is 16.5. The molecular weight excluding hydrogens is 378 g/mol. The summed E-state index contributed by atoms with van der Waals surface area (Å²) in [4.78, 5) is 15.0. The minimum atomic E-state index is -0.587. The number of hydrogen-bond acceptors (Lipinski definition) is 5. The molecule has 1 aliphatic carbocycles. The van der Waals surface area contributed by atoms with Gasteiger partial charge in [-0.15, -0.1) is 0 Å². The van der Waals surface area contributed by atoms with Gasteiger partial charge in [0.05, 0.1) is 18.4 Å². The molecule has 0 bridgehead atoms. The summed E-state index contributed by atoms with van der Waals surface area (Å²) in [6.45, 7) is 1.73. The number of aryl methyl sites for hydroxylation is 1. The number of nitrogens with two attached hydrogens (primary N) is 2. The predicted molar refractivity (Wildman–Crippen MR) is 117 cm³/mol. The van der Waals surface area contributed by atoms with Crippen LogP contribution >= 0.6 is 0 Å². The maximum absolute atomic E-state index is 11.1. The number of nitrogens with zero attached hydrogens (tertiary/aromatic N) is 3. The van der Waals surface area contributed by atoms with E-state index in [1.54, 1.807) is 23.1 Å². The lowest BCUT2D eigenvalue weighted by Crippen LogP contribution is -2.14. The lowest BCUT2D eigenvalue weighted by atomic mass is 10.1. The Kier molecular flexibility index (Phi) is 7.57. The topological polar surface area (TPSA) is 109 Å². The zero-order chi connectivity index (χ0) is 21.3. The summed E-state index contributed by atoms with van der Waals surface area (Å²) in [7, 11) is 1.81. The van der Waals surface area contributed by atoms with Crippen molar-refractivity contribution in [2.45, 2.75) is 32.3 Å². The summed E-state index contributed by atoms with van der Waals surface area (Å²) in [5.41, 5.74) is 13.9. The van der Waals surface area contributed by atoms with Gasteiger partial charge in [0.15, 0.2) is 0 Å². The fourth-order valence-electron chi connectivity index (χ4n) is 3.50. The molecule has 0 aliphatic heterocycles. The second kappa shape index (κ2) is 10.5. The number of primary amides is 1. The molecule has 1 fully saturated rings. The van der Waals surface area contributed by atoms with E-state index in [-0.39, 0.29) is 11.4 Å². The molecule has 0 saturated heterocycles. The number of anilines is 1. The van der Waals surface area contributed by atoms with Gasteiger partial charge >= 0.3 is 0 Å². The Bertz CT molecular complexity index is 949. The van der Waals surface area contributed by atoms with E-state index < -0.39 is 5.91 Å². The zero-order valence-corrected chi connectivity index (χ0v) is 17.3. The van der Waals surface area contributed by atoms with E-state index in [1.165, 1.54) is 31.2 Å². The van der Waals surface area contributed by atoms with Gasteiger partial charge in [-0.1, -0.05) is 43.2 Å². The van der Waals surface area contributed by atoms with E-state index in [0.717, 1.165) is 30.3 Å². The van der Waals surface area contributed by atoms with Gasteiger partial charge in [0.1, 0.15) is 5.82 Å². The summed E-state index contributed by atoms with van der Waals surface area (Å²) in [5, 5.41) is 4.03. The van der Waals surface area contributed by atoms with Crippen molar-refractivity contribution in [2.75, 3.05) is 12.3 Å². The monoisotopic (exact) mass is 407 g/mol. The van der Waals surface area contributed by atoms with Crippen LogP contribution in [0.3, 0.4) is 0 Å². The van der Waals surface area contributed by atoms with E-state index in [9.17, 15) is 4.79 Å². The normalized spacial score (nSPS) is 13.6. The van der Waals surface area contributed by atoms with Crippen LogP contribution in [0.4, 0.5) is 5.82 Å². The summed E-state index contributed by atoms with van der Waals surface area (Å²) in [5.74, 6) is 0.384. The first-order valence-electron chi connectivity index (χ1n) is 10.2. The number of ether oxygens (including phenoxy) is 1. The van der Waals surface area contributed by atoms with Gasteiger partial charge in [0.2, 0.25) is 0 Å². The Morgan fingerprint density at radius 3 is 2.53 bits per heavy atom. The predicted octanol–water partition coefficient (Wildman–Crippen LogP) is 3.56. The number of benzene rings is 1. The molecule has 0 unspecified atom stereocenters. The zero-order valence-electron chi connectivity index (χ0n) is 17.3. The van der Waals surface area contributed by atoms with Crippen LogP contribution in [0.15, 0.2) is 55.0 Å². The molecule has 0 spiro atoms. The fraction of sp³-hybridized carbons (Fsp3) is 0.348. The molecule has 1 amide bonds. The number of amides is 1. The van der Waals surface area contributed by atoms with Gasteiger partial charge in [-0.25, -0.2) is 4.98 Å². The lowest BCUT2D eigenvalue weighted by Gasteiger charge is -2.09. The average molecular weight is 408 g/mol. The van der Waals surface area contributed by atoms with Crippen molar-refractivity contribution in [3.63, 3.8) is 0 Å². The van der Waals surface area contributed by atoms with Crippen LogP contribution in [-0.4, -0.2) is 27.3 Å². The van der Waals surface area contributed by atoms with Crippen molar-refractivity contribution in [3.8, 4) is 11.1 Å². The number of nitrogen functional groups attached to an aromatic ring is 1. The molecule has 4 N–H and O–H groups in total. The van der Waals surface area contributed by atoms with Crippen molar-refractivity contribution in [1.29, 1.82) is 0 Å². The van der Waals surface area contributed by atoms with Crippen LogP contribution < -0.4 is 11.5 Å². The second-order valence-electron chi connectivity index (χ2n) is 7.57. The highest BCUT2D eigenvalue weighted by molar-refractivity contribution is 5.98. The Morgan fingerprint density at radius 2 is 1.90 bits per heavy atom. The molecule has 1 aliphatic rings. The number of hydrogen-bond donors (Lipinski definition) is 2. The van der Waals surface area contributed by atoms with Gasteiger partial charge in [0, 0.05) is 37.2 Å². The van der Waals surface area contributed by atoms with Crippen LogP contribution in [0.2, 0.25) is 0 Å². The summed E-state index contributed by atoms with van der Waals surface area (Å²) < 4.78 is 7.37. The molecule has 2 heterocycles. The summed E-state index contributed by atoms with van der Waals surface area (Å²) >= 11 is 0. The molecule has 7 nitrogen and oxygen atoms in total.